The summed E-state index contributed by atoms with van der Waals surface area (Å²) in [6.45, 7) is 0. The summed E-state index contributed by atoms with van der Waals surface area (Å²) in [6, 6.07) is 3.42. The largest absolute Gasteiger partial charge is 0.503 e. The quantitative estimate of drug-likeness (QED) is 0.671. The highest BCUT2D eigenvalue weighted by atomic mass is 19.1. The summed E-state index contributed by atoms with van der Waals surface area (Å²) in [5, 5.41) is 15.0. The molecule has 0 aliphatic heterocycles. The molecule has 0 fully saturated rings. The maximum Gasteiger partial charge on any atom is 0.187 e. The Morgan fingerprint density at radius 3 is 2.27 bits per heavy atom. The van der Waals surface area contributed by atoms with Gasteiger partial charge in [-0.25, -0.2) is 8.78 Å². The van der Waals surface area contributed by atoms with Gasteiger partial charge in [0.15, 0.2) is 17.4 Å². The van der Waals surface area contributed by atoms with Crippen LogP contribution in [0, 0.1) is 11.6 Å². The molecule has 0 atom stereocenters. The van der Waals surface area contributed by atoms with E-state index in [1.54, 1.807) is 0 Å². The molecule has 0 bridgehead atoms. The fraction of sp³-hybridized carbons (Fsp3) is 0. The van der Waals surface area contributed by atoms with Gasteiger partial charge < -0.3 is 10.8 Å². The van der Waals surface area contributed by atoms with E-state index < -0.39 is 17.4 Å². The van der Waals surface area contributed by atoms with Gasteiger partial charge in [-0.2, -0.15) is 5.10 Å². The molecule has 0 radical (unpaired) electrons. The molecule has 2 aromatic rings. The van der Waals surface area contributed by atoms with Crippen molar-refractivity contribution >= 4 is 5.82 Å². The lowest BCUT2D eigenvalue weighted by Crippen LogP contribution is -1.86. The van der Waals surface area contributed by atoms with Crippen LogP contribution in [0.25, 0.3) is 11.3 Å². The minimum absolute atomic E-state index is 0.221. The molecule has 78 valence electrons. The Morgan fingerprint density at radius 1 is 1.20 bits per heavy atom. The maximum absolute atomic E-state index is 13.0. The smallest absolute Gasteiger partial charge is 0.187 e. The third kappa shape index (κ3) is 1.61. The second-order valence-corrected chi connectivity index (χ2v) is 2.99. The lowest BCUT2D eigenvalue weighted by Gasteiger charge is -2.01. The summed E-state index contributed by atoms with van der Waals surface area (Å²) < 4.78 is 26.0. The highest BCUT2D eigenvalue weighted by molar-refractivity contribution is 5.63. The molecular formula is C9H7F2N3O. The number of H-pyrrole nitrogens is 1. The molecule has 0 aliphatic rings. The highest BCUT2D eigenvalue weighted by Gasteiger charge is 2.11. The molecule has 1 heterocycles. The Hall–Kier alpha value is -2.11. The Balaban J connectivity index is 2.55. The third-order valence-electron chi connectivity index (χ3n) is 1.93. The maximum atomic E-state index is 13.0. The van der Waals surface area contributed by atoms with Gasteiger partial charge >= 0.3 is 0 Å². The van der Waals surface area contributed by atoms with Gasteiger partial charge in [-0.1, -0.05) is 0 Å². The Labute approximate surface area is 83.4 Å². The van der Waals surface area contributed by atoms with E-state index in [2.05, 4.69) is 10.2 Å². The number of hydrogen-bond donors (Lipinski definition) is 3. The van der Waals surface area contributed by atoms with Crippen LogP contribution in [0.4, 0.5) is 14.6 Å². The van der Waals surface area contributed by atoms with Crippen molar-refractivity contribution in [3.8, 4) is 17.0 Å². The normalized spacial score (nSPS) is 10.5. The number of phenolic OH excluding ortho intramolecular Hbond substituents is 1. The van der Waals surface area contributed by atoms with Crippen molar-refractivity contribution in [2.45, 2.75) is 0 Å². The van der Waals surface area contributed by atoms with Crippen LogP contribution in [-0.4, -0.2) is 15.3 Å². The van der Waals surface area contributed by atoms with Crippen molar-refractivity contribution in [2.24, 2.45) is 0 Å². The van der Waals surface area contributed by atoms with Crippen molar-refractivity contribution in [1.82, 2.24) is 10.2 Å². The van der Waals surface area contributed by atoms with E-state index in [0.717, 1.165) is 12.1 Å². The highest BCUT2D eigenvalue weighted by Crippen LogP contribution is 2.27. The third-order valence-corrected chi connectivity index (χ3v) is 1.93. The minimum atomic E-state index is -1.03. The van der Waals surface area contributed by atoms with Crippen molar-refractivity contribution < 1.29 is 13.9 Å². The molecule has 4 nitrogen and oxygen atoms in total. The van der Waals surface area contributed by atoms with Crippen LogP contribution in [0.5, 0.6) is 5.75 Å². The topological polar surface area (TPSA) is 74.9 Å². The van der Waals surface area contributed by atoms with Gasteiger partial charge in [0.2, 0.25) is 0 Å². The number of phenols is 1. The van der Waals surface area contributed by atoms with E-state index in [4.69, 9.17) is 10.8 Å². The van der Waals surface area contributed by atoms with E-state index in [0.29, 0.717) is 5.69 Å². The number of benzene rings is 1. The van der Waals surface area contributed by atoms with Crippen LogP contribution in [-0.2, 0) is 0 Å². The minimum Gasteiger partial charge on any atom is -0.503 e. The fourth-order valence-electron chi connectivity index (χ4n) is 1.21. The second-order valence-electron chi connectivity index (χ2n) is 2.99. The molecule has 15 heavy (non-hydrogen) atoms. The van der Waals surface area contributed by atoms with Gasteiger partial charge in [0.05, 0.1) is 5.69 Å². The van der Waals surface area contributed by atoms with E-state index >= 15 is 0 Å². The average molecular weight is 211 g/mol. The molecule has 0 saturated heterocycles. The molecule has 2 rings (SSSR count). The standard InChI is InChI=1S/C9H7F2N3O/c10-5-1-4(2-6(11)9(5)15)7-3-8(12)14-13-7/h1-3,15H,(H3,12,13,14). The fourth-order valence-corrected chi connectivity index (χ4v) is 1.21. The number of halogens is 2. The van der Waals surface area contributed by atoms with Crippen LogP contribution in [0.2, 0.25) is 0 Å². The molecule has 0 unspecified atom stereocenters. The molecular weight excluding hydrogens is 204 g/mol. The Morgan fingerprint density at radius 2 is 1.80 bits per heavy atom. The van der Waals surface area contributed by atoms with Gasteiger partial charge in [-0.05, 0) is 12.1 Å². The van der Waals surface area contributed by atoms with Gasteiger partial charge in [0, 0.05) is 11.6 Å². The number of hydrogen-bond acceptors (Lipinski definition) is 3. The average Bonchev–Trinajstić information content (AvgIpc) is 2.60. The summed E-state index contributed by atoms with van der Waals surface area (Å²) in [4.78, 5) is 0. The summed E-state index contributed by atoms with van der Waals surface area (Å²) in [5.41, 5.74) is 5.95. The van der Waals surface area contributed by atoms with Gasteiger partial charge in [0.1, 0.15) is 5.82 Å². The summed E-state index contributed by atoms with van der Waals surface area (Å²) >= 11 is 0. The number of nitrogens with two attached hydrogens (primary N) is 1. The molecule has 0 saturated carbocycles. The molecule has 0 aliphatic carbocycles. The first-order chi connectivity index (χ1) is 7.08. The number of nitrogens with one attached hydrogen (secondary N) is 1. The van der Waals surface area contributed by atoms with Crippen molar-refractivity contribution in [1.29, 1.82) is 0 Å². The van der Waals surface area contributed by atoms with Crippen LogP contribution in [0.15, 0.2) is 18.2 Å². The number of nitrogens with zero attached hydrogens (tertiary/aromatic N) is 1. The second kappa shape index (κ2) is 3.23. The zero-order chi connectivity index (χ0) is 11.0. The number of nitrogen functional groups attached to an aromatic ring is 1. The van der Waals surface area contributed by atoms with E-state index in [1.807, 2.05) is 0 Å². The monoisotopic (exact) mass is 211 g/mol. The number of aromatic nitrogens is 2. The number of aromatic hydroxyl groups is 1. The van der Waals surface area contributed by atoms with Crippen molar-refractivity contribution in [2.75, 3.05) is 5.73 Å². The molecule has 0 spiro atoms. The predicted octanol–water partition coefficient (Wildman–Crippen LogP) is 1.64. The van der Waals surface area contributed by atoms with Crippen LogP contribution in [0.3, 0.4) is 0 Å². The molecule has 4 N–H and O–H groups in total. The zero-order valence-electron chi connectivity index (χ0n) is 7.46. The lowest BCUT2D eigenvalue weighted by atomic mass is 10.1. The molecule has 6 heteroatoms. The predicted molar refractivity (Wildman–Crippen MR) is 50.0 cm³/mol. The SMILES string of the molecule is Nc1cc(-c2cc(F)c(O)c(F)c2)[nH]n1. The number of aromatic amines is 1. The van der Waals surface area contributed by atoms with E-state index in [9.17, 15) is 8.78 Å². The Bertz CT molecular complexity index is 487. The van der Waals surface area contributed by atoms with Crippen LogP contribution in [0.1, 0.15) is 0 Å². The first kappa shape index (κ1) is 9.45. The van der Waals surface area contributed by atoms with Crippen LogP contribution < -0.4 is 5.73 Å². The Kier molecular flexibility index (Phi) is 2.03. The summed E-state index contributed by atoms with van der Waals surface area (Å²) in [6.07, 6.45) is 0. The first-order valence-corrected chi connectivity index (χ1v) is 4.07. The van der Waals surface area contributed by atoms with Gasteiger partial charge in [0.25, 0.3) is 0 Å². The van der Waals surface area contributed by atoms with Crippen LogP contribution >= 0.6 is 0 Å². The van der Waals surface area contributed by atoms with Gasteiger partial charge in [-0.3, -0.25) is 5.10 Å². The zero-order valence-corrected chi connectivity index (χ0v) is 7.46. The van der Waals surface area contributed by atoms with E-state index in [1.165, 1.54) is 6.07 Å². The summed E-state index contributed by atoms with van der Waals surface area (Å²) in [7, 11) is 0. The summed E-state index contributed by atoms with van der Waals surface area (Å²) in [5.74, 6) is -2.83. The van der Waals surface area contributed by atoms with Crippen molar-refractivity contribution in [3.05, 3.63) is 29.8 Å². The molecule has 0 amide bonds. The van der Waals surface area contributed by atoms with Gasteiger partial charge in [-0.15, -0.1) is 0 Å². The molecule has 1 aromatic heterocycles. The van der Waals surface area contributed by atoms with E-state index in [-0.39, 0.29) is 11.4 Å². The first-order valence-electron chi connectivity index (χ1n) is 4.07. The van der Waals surface area contributed by atoms with Crippen molar-refractivity contribution in [3.63, 3.8) is 0 Å². The molecule has 1 aromatic carbocycles. The number of rotatable bonds is 1. The number of anilines is 1. The lowest BCUT2D eigenvalue weighted by molar-refractivity contribution is 0.396.